The van der Waals surface area contributed by atoms with E-state index in [0.29, 0.717) is 5.88 Å². The molecule has 0 amide bonds. The van der Waals surface area contributed by atoms with E-state index in [1.54, 1.807) is 6.07 Å². The fraction of sp³-hybridized carbons (Fsp3) is 0.769. The van der Waals surface area contributed by atoms with Gasteiger partial charge in [0.15, 0.2) is 6.29 Å². The third-order valence-corrected chi connectivity index (χ3v) is 3.70. The molecule has 5 nitrogen and oxygen atoms in total. The second-order valence-corrected chi connectivity index (χ2v) is 5.41. The summed E-state index contributed by atoms with van der Waals surface area (Å²) < 4.78 is 16.5. The zero-order chi connectivity index (χ0) is 13.2. The van der Waals surface area contributed by atoms with Crippen LogP contribution in [0.2, 0.25) is 0 Å². The summed E-state index contributed by atoms with van der Waals surface area (Å²) in [5, 5.41) is 3.98. The van der Waals surface area contributed by atoms with Crippen molar-refractivity contribution in [2.24, 2.45) is 0 Å². The first-order chi connectivity index (χ1) is 8.50. The minimum Gasteiger partial charge on any atom is -0.368 e. The Kier molecular flexibility index (Phi) is 3.92. The Morgan fingerprint density at radius 1 is 1.50 bits per heavy atom. The van der Waals surface area contributed by atoms with Gasteiger partial charge in [0.25, 0.3) is 0 Å². The Bertz CT molecular complexity index is 383. The second-order valence-electron chi connectivity index (χ2n) is 5.41. The number of aromatic nitrogens is 1. The number of rotatable bonds is 4. The highest BCUT2D eigenvalue weighted by atomic mass is 16.7. The average Bonchev–Trinajstić information content (AvgIpc) is 2.78. The summed E-state index contributed by atoms with van der Waals surface area (Å²) in [6.07, 6.45) is 3.12. The molecule has 2 N–H and O–H groups in total. The summed E-state index contributed by atoms with van der Waals surface area (Å²) in [6, 6.07) is 1.75. The highest BCUT2D eigenvalue weighted by Crippen LogP contribution is 2.31. The van der Waals surface area contributed by atoms with Crippen LogP contribution in [0.3, 0.4) is 0 Å². The summed E-state index contributed by atoms with van der Waals surface area (Å²) in [5.41, 5.74) is 6.11. The Balaban J connectivity index is 2.00. The van der Waals surface area contributed by atoms with Crippen molar-refractivity contribution in [3.8, 4) is 0 Å². The van der Waals surface area contributed by atoms with Crippen molar-refractivity contribution in [3.05, 3.63) is 11.8 Å². The molecule has 1 saturated heterocycles. The lowest BCUT2D eigenvalue weighted by Crippen LogP contribution is -2.38. The molecular weight excluding hydrogens is 232 g/mol. The summed E-state index contributed by atoms with van der Waals surface area (Å²) in [7, 11) is 0. The van der Waals surface area contributed by atoms with Crippen LogP contribution in [0, 0.1) is 0 Å². The Morgan fingerprint density at radius 3 is 2.83 bits per heavy atom. The van der Waals surface area contributed by atoms with Crippen molar-refractivity contribution in [3.63, 3.8) is 0 Å². The molecule has 2 atom stereocenters. The van der Waals surface area contributed by atoms with E-state index in [1.807, 2.05) is 6.92 Å². The van der Waals surface area contributed by atoms with E-state index in [0.717, 1.165) is 31.6 Å². The van der Waals surface area contributed by atoms with Gasteiger partial charge in [0.1, 0.15) is 0 Å². The van der Waals surface area contributed by atoms with Gasteiger partial charge in [-0.05, 0) is 26.2 Å². The smallest absolute Gasteiger partial charge is 0.222 e. The molecular formula is C13H22N2O3. The molecule has 1 fully saturated rings. The van der Waals surface area contributed by atoms with Crippen LogP contribution in [0.4, 0.5) is 5.88 Å². The Labute approximate surface area is 108 Å². The van der Waals surface area contributed by atoms with Gasteiger partial charge in [-0.15, -0.1) is 0 Å². The summed E-state index contributed by atoms with van der Waals surface area (Å²) in [4.78, 5) is 0. The predicted octanol–water partition coefficient (Wildman–Crippen LogP) is 2.47. The van der Waals surface area contributed by atoms with Gasteiger partial charge in [0.05, 0.1) is 11.8 Å². The van der Waals surface area contributed by atoms with Gasteiger partial charge in [0.2, 0.25) is 5.88 Å². The van der Waals surface area contributed by atoms with E-state index in [-0.39, 0.29) is 17.8 Å². The van der Waals surface area contributed by atoms with Crippen molar-refractivity contribution in [2.45, 2.75) is 57.8 Å². The van der Waals surface area contributed by atoms with Crippen LogP contribution in [0.1, 0.15) is 45.7 Å². The molecule has 0 bridgehead atoms. The second kappa shape index (κ2) is 5.28. The maximum absolute atomic E-state index is 5.98. The monoisotopic (exact) mass is 254 g/mol. The number of ether oxygens (including phenoxy) is 2. The van der Waals surface area contributed by atoms with Crippen molar-refractivity contribution in [1.29, 1.82) is 0 Å². The number of anilines is 1. The van der Waals surface area contributed by atoms with Gasteiger partial charge in [-0.25, -0.2) is 0 Å². The number of nitrogens with two attached hydrogens (primary N) is 1. The van der Waals surface area contributed by atoms with Crippen LogP contribution in [0.5, 0.6) is 0 Å². The molecule has 102 valence electrons. The highest BCUT2D eigenvalue weighted by Gasteiger charge is 2.34. The van der Waals surface area contributed by atoms with Crippen LogP contribution in [-0.4, -0.2) is 24.2 Å². The molecule has 1 aliphatic heterocycles. The molecule has 2 unspecified atom stereocenters. The van der Waals surface area contributed by atoms with E-state index in [2.05, 4.69) is 19.0 Å². The molecule has 2 heterocycles. The van der Waals surface area contributed by atoms with Crippen LogP contribution in [0.25, 0.3) is 0 Å². The van der Waals surface area contributed by atoms with Crippen molar-refractivity contribution >= 4 is 5.88 Å². The van der Waals surface area contributed by atoms with E-state index in [4.69, 9.17) is 19.7 Å². The topological polar surface area (TPSA) is 70.5 Å². The van der Waals surface area contributed by atoms with Gasteiger partial charge in [0, 0.05) is 18.1 Å². The van der Waals surface area contributed by atoms with Gasteiger partial charge in [-0.2, -0.15) is 0 Å². The molecule has 1 aliphatic rings. The third kappa shape index (κ3) is 2.84. The highest BCUT2D eigenvalue weighted by molar-refractivity contribution is 5.29. The first kappa shape index (κ1) is 13.4. The zero-order valence-corrected chi connectivity index (χ0v) is 11.3. The van der Waals surface area contributed by atoms with Crippen molar-refractivity contribution in [1.82, 2.24) is 5.16 Å². The molecule has 18 heavy (non-hydrogen) atoms. The largest absolute Gasteiger partial charge is 0.368 e. The summed E-state index contributed by atoms with van der Waals surface area (Å²) in [5.74, 6) is 0.333. The third-order valence-electron chi connectivity index (χ3n) is 3.70. The van der Waals surface area contributed by atoms with Crippen LogP contribution in [-0.2, 0) is 14.9 Å². The molecule has 0 spiro atoms. The van der Waals surface area contributed by atoms with Gasteiger partial charge >= 0.3 is 0 Å². The molecule has 1 aromatic rings. The van der Waals surface area contributed by atoms with E-state index < -0.39 is 0 Å². The zero-order valence-electron chi connectivity index (χ0n) is 11.3. The Morgan fingerprint density at radius 2 is 2.28 bits per heavy atom. The normalized spacial score (nSPS) is 22.9. The minimum atomic E-state index is -0.262. The molecule has 0 aromatic carbocycles. The standard InChI is InChI=1S/C13H22N2O3/c1-9(17-12-6-4-5-7-16-12)13(2,3)10-8-11(14)18-15-10/h8-9,12H,4-7,14H2,1-3H3. The average molecular weight is 254 g/mol. The van der Waals surface area contributed by atoms with Gasteiger partial charge in [-0.1, -0.05) is 19.0 Å². The van der Waals surface area contributed by atoms with Crippen molar-refractivity contribution in [2.75, 3.05) is 12.3 Å². The van der Waals surface area contributed by atoms with Crippen molar-refractivity contribution < 1.29 is 14.0 Å². The lowest BCUT2D eigenvalue weighted by molar-refractivity contribution is -0.196. The summed E-state index contributed by atoms with van der Waals surface area (Å²) >= 11 is 0. The lowest BCUT2D eigenvalue weighted by Gasteiger charge is -2.34. The molecule has 5 heteroatoms. The Hall–Kier alpha value is -1.07. The molecule has 2 rings (SSSR count). The van der Waals surface area contributed by atoms with E-state index in [9.17, 15) is 0 Å². The SMILES string of the molecule is CC(OC1CCCCO1)C(C)(C)c1cc(N)on1. The first-order valence-electron chi connectivity index (χ1n) is 6.50. The quantitative estimate of drug-likeness (QED) is 0.893. The number of hydrogen-bond donors (Lipinski definition) is 1. The maximum atomic E-state index is 5.98. The number of nitrogens with zero attached hydrogens (tertiary/aromatic N) is 1. The van der Waals surface area contributed by atoms with Gasteiger partial charge < -0.3 is 19.7 Å². The molecule has 1 aromatic heterocycles. The van der Waals surface area contributed by atoms with Crippen LogP contribution < -0.4 is 5.73 Å². The van der Waals surface area contributed by atoms with E-state index in [1.165, 1.54) is 0 Å². The fourth-order valence-electron chi connectivity index (χ4n) is 2.02. The fourth-order valence-corrected chi connectivity index (χ4v) is 2.02. The molecule has 0 aliphatic carbocycles. The predicted molar refractivity (Wildman–Crippen MR) is 68.1 cm³/mol. The first-order valence-corrected chi connectivity index (χ1v) is 6.50. The van der Waals surface area contributed by atoms with Crippen LogP contribution in [0.15, 0.2) is 10.6 Å². The molecule has 0 saturated carbocycles. The molecule has 0 radical (unpaired) electrons. The maximum Gasteiger partial charge on any atom is 0.222 e. The van der Waals surface area contributed by atoms with Gasteiger partial charge in [-0.3, -0.25) is 0 Å². The number of nitrogen functional groups attached to an aromatic ring is 1. The number of hydrogen-bond acceptors (Lipinski definition) is 5. The van der Waals surface area contributed by atoms with E-state index >= 15 is 0 Å². The lowest BCUT2D eigenvalue weighted by atomic mass is 9.84. The summed E-state index contributed by atoms with van der Waals surface area (Å²) in [6.45, 7) is 6.95. The van der Waals surface area contributed by atoms with Crippen LogP contribution >= 0.6 is 0 Å². The minimum absolute atomic E-state index is 0.0231.